The standard InChI is InChI=1S/C14H18N2O3S/c1-16-14(10-15)8-7-12(9-14)19-11-3-5-13(6-4-11)20(2,17)18/h3-6,12,16H,7-9H2,1-2H3. The Morgan fingerprint density at radius 2 is 2.05 bits per heavy atom. The maximum Gasteiger partial charge on any atom is 0.175 e. The van der Waals surface area contributed by atoms with Crippen molar-refractivity contribution in [3.05, 3.63) is 24.3 Å². The number of nitriles is 1. The zero-order chi connectivity index (χ0) is 14.8. The minimum atomic E-state index is -3.18. The summed E-state index contributed by atoms with van der Waals surface area (Å²) in [5, 5.41) is 12.2. The van der Waals surface area contributed by atoms with Crippen molar-refractivity contribution in [3.8, 4) is 11.8 Å². The SMILES string of the molecule is CNC1(C#N)CCC(Oc2ccc(S(C)(=O)=O)cc2)C1. The summed E-state index contributed by atoms with van der Waals surface area (Å²) < 4.78 is 28.5. The molecule has 20 heavy (non-hydrogen) atoms. The lowest BCUT2D eigenvalue weighted by Crippen LogP contribution is -2.39. The lowest BCUT2D eigenvalue weighted by Gasteiger charge is -2.20. The van der Waals surface area contributed by atoms with Gasteiger partial charge in [0.25, 0.3) is 0 Å². The van der Waals surface area contributed by atoms with Crippen molar-refractivity contribution >= 4 is 9.84 Å². The Balaban J connectivity index is 2.04. The van der Waals surface area contributed by atoms with E-state index < -0.39 is 15.4 Å². The van der Waals surface area contributed by atoms with Crippen LogP contribution in [0.3, 0.4) is 0 Å². The smallest absolute Gasteiger partial charge is 0.175 e. The zero-order valence-corrected chi connectivity index (χ0v) is 12.4. The molecule has 0 spiro atoms. The van der Waals surface area contributed by atoms with Gasteiger partial charge in [-0.1, -0.05) is 0 Å². The second-order valence-electron chi connectivity index (χ2n) is 5.17. The molecule has 1 N–H and O–H groups in total. The first kappa shape index (κ1) is 14.8. The Morgan fingerprint density at radius 1 is 1.40 bits per heavy atom. The molecule has 0 bridgehead atoms. The lowest BCUT2D eigenvalue weighted by molar-refractivity contribution is 0.202. The van der Waals surface area contributed by atoms with Crippen molar-refractivity contribution in [1.82, 2.24) is 5.32 Å². The van der Waals surface area contributed by atoms with Crippen molar-refractivity contribution < 1.29 is 13.2 Å². The van der Waals surface area contributed by atoms with E-state index in [1.807, 2.05) is 0 Å². The fourth-order valence-corrected chi connectivity index (χ4v) is 3.07. The van der Waals surface area contributed by atoms with Crippen LogP contribution in [0.15, 0.2) is 29.2 Å². The van der Waals surface area contributed by atoms with Gasteiger partial charge in [-0.05, 0) is 44.2 Å². The summed E-state index contributed by atoms with van der Waals surface area (Å²) in [7, 11) is -1.40. The molecule has 0 aliphatic heterocycles. The molecule has 108 valence electrons. The van der Waals surface area contributed by atoms with Gasteiger partial charge >= 0.3 is 0 Å². The molecule has 6 heteroatoms. The van der Waals surface area contributed by atoms with Crippen LogP contribution in [0.1, 0.15) is 19.3 Å². The van der Waals surface area contributed by atoms with Gasteiger partial charge in [-0.25, -0.2) is 8.42 Å². The highest BCUT2D eigenvalue weighted by molar-refractivity contribution is 7.90. The van der Waals surface area contributed by atoms with Crippen LogP contribution < -0.4 is 10.1 Å². The third-order valence-corrected chi connectivity index (χ3v) is 4.84. The molecule has 0 heterocycles. The number of rotatable bonds is 4. The van der Waals surface area contributed by atoms with E-state index in [0.717, 1.165) is 12.8 Å². The van der Waals surface area contributed by atoms with Gasteiger partial charge in [0.15, 0.2) is 9.84 Å². The Labute approximate surface area is 119 Å². The molecule has 2 unspecified atom stereocenters. The number of hydrogen-bond acceptors (Lipinski definition) is 5. The fourth-order valence-electron chi connectivity index (χ4n) is 2.44. The first-order valence-corrected chi connectivity index (χ1v) is 8.35. The minimum Gasteiger partial charge on any atom is -0.490 e. The number of ether oxygens (including phenoxy) is 1. The maximum atomic E-state index is 11.4. The van der Waals surface area contributed by atoms with Crippen molar-refractivity contribution in [2.24, 2.45) is 0 Å². The zero-order valence-electron chi connectivity index (χ0n) is 11.6. The molecule has 2 atom stereocenters. The van der Waals surface area contributed by atoms with E-state index in [1.54, 1.807) is 19.2 Å². The average Bonchev–Trinajstić information content (AvgIpc) is 2.82. The molecule has 1 aromatic rings. The number of hydrogen-bond donors (Lipinski definition) is 1. The third kappa shape index (κ3) is 3.11. The van der Waals surface area contributed by atoms with Gasteiger partial charge in [0.05, 0.1) is 11.0 Å². The monoisotopic (exact) mass is 294 g/mol. The minimum absolute atomic E-state index is 0.0221. The van der Waals surface area contributed by atoms with Gasteiger partial charge in [-0.2, -0.15) is 5.26 Å². The average molecular weight is 294 g/mol. The van der Waals surface area contributed by atoms with Gasteiger partial charge in [0, 0.05) is 12.7 Å². The van der Waals surface area contributed by atoms with Crippen LogP contribution in [0.4, 0.5) is 0 Å². The maximum absolute atomic E-state index is 11.4. The quantitative estimate of drug-likeness (QED) is 0.910. The van der Waals surface area contributed by atoms with Crippen LogP contribution in [-0.2, 0) is 9.84 Å². The topological polar surface area (TPSA) is 79.2 Å². The Bertz CT molecular complexity index is 619. The highest BCUT2D eigenvalue weighted by atomic mass is 32.2. The summed E-state index contributed by atoms with van der Waals surface area (Å²) in [4.78, 5) is 0.276. The van der Waals surface area contributed by atoms with Crippen LogP contribution in [0, 0.1) is 11.3 Å². The number of nitrogens with zero attached hydrogens (tertiary/aromatic N) is 1. The number of sulfone groups is 1. The Hall–Kier alpha value is -1.58. The van der Waals surface area contributed by atoms with Crippen LogP contribution in [0.2, 0.25) is 0 Å². The highest BCUT2D eigenvalue weighted by Crippen LogP contribution is 2.32. The normalized spacial score (nSPS) is 26.1. The van der Waals surface area contributed by atoms with Crippen LogP contribution >= 0.6 is 0 Å². The number of nitrogens with one attached hydrogen (secondary N) is 1. The van der Waals surface area contributed by atoms with Gasteiger partial charge in [0.1, 0.15) is 17.4 Å². The van der Waals surface area contributed by atoms with E-state index in [2.05, 4.69) is 11.4 Å². The van der Waals surface area contributed by atoms with E-state index >= 15 is 0 Å². The van der Waals surface area contributed by atoms with Gasteiger partial charge in [0.2, 0.25) is 0 Å². The molecule has 0 radical (unpaired) electrons. The second-order valence-corrected chi connectivity index (χ2v) is 7.19. The van der Waals surface area contributed by atoms with E-state index in [0.29, 0.717) is 12.2 Å². The summed E-state index contributed by atoms with van der Waals surface area (Å²) in [5.74, 6) is 0.632. The van der Waals surface area contributed by atoms with Crippen LogP contribution in [0.25, 0.3) is 0 Å². The molecule has 0 aromatic heterocycles. The molecular weight excluding hydrogens is 276 g/mol. The molecule has 0 amide bonds. The summed E-state index contributed by atoms with van der Waals surface area (Å²) in [6.45, 7) is 0. The summed E-state index contributed by atoms with van der Waals surface area (Å²) >= 11 is 0. The van der Waals surface area contributed by atoms with Crippen molar-refractivity contribution in [1.29, 1.82) is 5.26 Å². The van der Waals surface area contributed by atoms with E-state index in [4.69, 9.17) is 4.74 Å². The summed E-state index contributed by atoms with van der Waals surface area (Å²) in [6, 6.07) is 8.69. The Kier molecular flexibility index (Phi) is 4.02. The first-order chi connectivity index (χ1) is 9.38. The van der Waals surface area contributed by atoms with Gasteiger partial charge in [-0.3, -0.25) is 0 Å². The molecule has 1 aliphatic carbocycles. The van der Waals surface area contributed by atoms with E-state index in [-0.39, 0.29) is 11.0 Å². The van der Waals surface area contributed by atoms with Crippen molar-refractivity contribution in [3.63, 3.8) is 0 Å². The molecular formula is C14H18N2O3S. The van der Waals surface area contributed by atoms with E-state index in [9.17, 15) is 13.7 Å². The molecule has 1 aromatic carbocycles. The predicted molar refractivity (Wildman–Crippen MR) is 75.2 cm³/mol. The molecule has 5 nitrogen and oxygen atoms in total. The second kappa shape index (κ2) is 5.43. The molecule has 1 fully saturated rings. The molecule has 1 saturated carbocycles. The summed E-state index contributed by atoms with van der Waals surface area (Å²) in [5.41, 5.74) is -0.503. The lowest BCUT2D eigenvalue weighted by atomic mass is 10.0. The van der Waals surface area contributed by atoms with Crippen molar-refractivity contribution in [2.75, 3.05) is 13.3 Å². The molecule has 2 rings (SSSR count). The summed E-state index contributed by atoms with van der Waals surface area (Å²) in [6.07, 6.45) is 3.35. The third-order valence-electron chi connectivity index (χ3n) is 3.72. The number of benzene rings is 1. The van der Waals surface area contributed by atoms with Crippen molar-refractivity contribution in [2.45, 2.75) is 35.8 Å². The van der Waals surface area contributed by atoms with Crippen LogP contribution in [-0.4, -0.2) is 33.4 Å². The predicted octanol–water partition coefficient (Wildman–Crippen LogP) is 1.50. The Morgan fingerprint density at radius 3 is 2.50 bits per heavy atom. The largest absolute Gasteiger partial charge is 0.490 e. The van der Waals surface area contributed by atoms with Gasteiger partial charge < -0.3 is 10.1 Å². The molecule has 1 aliphatic rings. The van der Waals surface area contributed by atoms with Gasteiger partial charge in [-0.15, -0.1) is 0 Å². The highest BCUT2D eigenvalue weighted by Gasteiger charge is 2.39. The van der Waals surface area contributed by atoms with Crippen LogP contribution in [0.5, 0.6) is 5.75 Å². The van der Waals surface area contributed by atoms with E-state index in [1.165, 1.54) is 18.4 Å². The molecule has 0 saturated heterocycles. The first-order valence-electron chi connectivity index (χ1n) is 6.45. The fraction of sp³-hybridized carbons (Fsp3) is 0.500.